The molecule has 0 saturated carbocycles. The first-order chi connectivity index (χ1) is 14.5. The van der Waals surface area contributed by atoms with Gasteiger partial charge in [-0.25, -0.2) is 9.78 Å². The second-order valence-electron chi connectivity index (χ2n) is 6.79. The molecule has 0 radical (unpaired) electrons. The van der Waals surface area contributed by atoms with Crippen molar-refractivity contribution < 1.29 is 9.67 Å². The van der Waals surface area contributed by atoms with Crippen molar-refractivity contribution in [1.29, 1.82) is 0 Å². The molecule has 7 heteroatoms. The molecule has 4 rings (SSSR count). The first-order valence-corrected chi connectivity index (χ1v) is 10.6. The highest BCUT2D eigenvalue weighted by molar-refractivity contribution is 7.15. The Hall–Kier alpha value is -3.14. The van der Waals surface area contributed by atoms with Crippen LogP contribution in [0.2, 0.25) is 4.47 Å². The van der Waals surface area contributed by atoms with Crippen LogP contribution in [0.15, 0.2) is 53.6 Å². The summed E-state index contributed by atoms with van der Waals surface area (Å²) in [5.41, 5.74) is 2.85. The molecule has 0 unspecified atom stereocenters. The summed E-state index contributed by atoms with van der Waals surface area (Å²) < 4.78 is 3.72. The Labute approximate surface area is 182 Å². The molecule has 0 fully saturated rings. The van der Waals surface area contributed by atoms with Gasteiger partial charge in [0.15, 0.2) is 10.0 Å². The van der Waals surface area contributed by atoms with Crippen molar-refractivity contribution in [2.75, 3.05) is 0 Å². The molecule has 30 heavy (non-hydrogen) atoms. The molecule has 3 aromatic heterocycles. The van der Waals surface area contributed by atoms with Crippen LogP contribution < -0.4 is 10.1 Å². The van der Waals surface area contributed by atoms with E-state index in [1.807, 2.05) is 50.2 Å². The second-order valence-corrected chi connectivity index (χ2v) is 8.49. The van der Waals surface area contributed by atoms with E-state index in [9.17, 15) is 9.90 Å². The van der Waals surface area contributed by atoms with Crippen molar-refractivity contribution in [1.82, 2.24) is 9.38 Å². The van der Waals surface area contributed by atoms with E-state index >= 15 is 0 Å². The first kappa shape index (κ1) is 20.1. The number of nitrogens with zero attached hydrogens (tertiary/aromatic N) is 3. The number of aromatic hydroxyl groups is 1. The zero-order valence-electron chi connectivity index (χ0n) is 16.5. The summed E-state index contributed by atoms with van der Waals surface area (Å²) in [6.45, 7) is 4.23. The summed E-state index contributed by atoms with van der Waals surface area (Å²) >= 11 is 7.33. The Morgan fingerprint density at radius 2 is 2.13 bits per heavy atom. The van der Waals surface area contributed by atoms with E-state index in [4.69, 9.17) is 11.6 Å². The molecule has 0 saturated heterocycles. The van der Waals surface area contributed by atoms with Gasteiger partial charge in [-0.05, 0) is 36.8 Å². The fourth-order valence-electron chi connectivity index (χ4n) is 3.42. The van der Waals surface area contributed by atoms with Crippen molar-refractivity contribution in [3.8, 4) is 28.8 Å². The number of aromatic nitrogens is 3. The van der Waals surface area contributed by atoms with Gasteiger partial charge < -0.3 is 5.11 Å². The Morgan fingerprint density at radius 3 is 2.87 bits per heavy atom. The Kier molecular flexibility index (Phi) is 5.58. The van der Waals surface area contributed by atoms with Gasteiger partial charge in [0.05, 0.1) is 11.1 Å². The van der Waals surface area contributed by atoms with Crippen molar-refractivity contribution in [3.05, 3.63) is 79.6 Å². The quantitative estimate of drug-likeness (QED) is 0.387. The average Bonchev–Trinajstić information content (AvgIpc) is 3.15. The summed E-state index contributed by atoms with van der Waals surface area (Å²) in [6.07, 6.45) is 4.13. The van der Waals surface area contributed by atoms with Gasteiger partial charge in [-0.1, -0.05) is 42.5 Å². The van der Waals surface area contributed by atoms with Crippen molar-refractivity contribution in [2.45, 2.75) is 26.8 Å². The Bertz CT molecular complexity index is 1380. The molecule has 0 atom stereocenters. The lowest BCUT2D eigenvalue weighted by atomic mass is 10.0. The van der Waals surface area contributed by atoms with Gasteiger partial charge >= 0.3 is 5.56 Å². The third kappa shape index (κ3) is 3.70. The monoisotopic (exact) mass is 436 g/mol. The third-order valence-corrected chi connectivity index (χ3v) is 5.83. The van der Waals surface area contributed by atoms with Crippen LogP contribution >= 0.6 is 22.9 Å². The largest absolute Gasteiger partial charge is 0.477 e. The molecule has 1 aromatic carbocycles. The molecule has 150 valence electrons. The van der Waals surface area contributed by atoms with Crippen LogP contribution in [-0.4, -0.2) is 14.5 Å². The van der Waals surface area contributed by atoms with Crippen LogP contribution in [0, 0.1) is 18.8 Å². The zero-order valence-corrected chi connectivity index (χ0v) is 18.1. The third-order valence-electron chi connectivity index (χ3n) is 4.73. The molecule has 0 aliphatic rings. The van der Waals surface area contributed by atoms with Crippen LogP contribution in [0.1, 0.15) is 29.3 Å². The molecule has 0 aliphatic carbocycles. The SMILES string of the molecule is CCC#Cc1cccc(-c2c(O)[n+](Cc3cnc(Cl)s3)c3c(C)cccn3c2=O)c1. The minimum absolute atomic E-state index is 0.0978. The first-order valence-electron chi connectivity index (χ1n) is 9.46. The summed E-state index contributed by atoms with van der Waals surface area (Å²) in [5, 5.41) is 11.2. The standard InChI is InChI=1S/C23H18ClN3O2S/c1-3-4-8-16-9-5-10-17(12-16)19-21(28)26-11-6-7-15(2)20(26)27(22(19)29)14-18-13-25-23(24)30-18/h5-7,9-13H,3,14H2,1-2H3/p+1. The number of halogens is 1. The molecule has 4 aromatic rings. The normalized spacial score (nSPS) is 10.8. The van der Waals surface area contributed by atoms with Crippen molar-refractivity contribution in [2.24, 2.45) is 0 Å². The van der Waals surface area contributed by atoms with E-state index in [2.05, 4.69) is 16.8 Å². The number of pyridine rings is 1. The lowest BCUT2D eigenvalue weighted by Crippen LogP contribution is -2.41. The fraction of sp³-hybridized carbons (Fsp3) is 0.174. The van der Waals surface area contributed by atoms with E-state index in [0.717, 1.165) is 22.4 Å². The van der Waals surface area contributed by atoms with Crippen LogP contribution in [0.5, 0.6) is 5.88 Å². The minimum atomic E-state index is -0.287. The van der Waals surface area contributed by atoms with Gasteiger partial charge in [0.25, 0.3) is 11.5 Å². The summed E-state index contributed by atoms with van der Waals surface area (Å²) in [6, 6.07) is 11.1. The van der Waals surface area contributed by atoms with Crippen LogP contribution in [0.4, 0.5) is 0 Å². The highest BCUT2D eigenvalue weighted by Crippen LogP contribution is 2.26. The van der Waals surface area contributed by atoms with E-state index in [1.165, 1.54) is 11.3 Å². The predicted molar refractivity (Wildman–Crippen MR) is 119 cm³/mol. The van der Waals surface area contributed by atoms with Crippen LogP contribution in [-0.2, 0) is 6.54 Å². The summed E-state index contributed by atoms with van der Waals surface area (Å²) in [4.78, 5) is 18.3. The second kappa shape index (κ2) is 8.31. The predicted octanol–water partition coefficient (Wildman–Crippen LogP) is 4.19. The van der Waals surface area contributed by atoms with Crippen molar-refractivity contribution in [3.63, 3.8) is 0 Å². The average molecular weight is 437 g/mol. The van der Waals surface area contributed by atoms with Gasteiger partial charge in [0.2, 0.25) is 0 Å². The lowest BCUT2D eigenvalue weighted by molar-refractivity contribution is -0.671. The van der Waals surface area contributed by atoms with Crippen LogP contribution in [0.25, 0.3) is 16.8 Å². The topological polar surface area (TPSA) is 58.5 Å². The number of hydrogen-bond acceptors (Lipinski definition) is 4. The van der Waals surface area contributed by atoms with E-state index in [-0.39, 0.29) is 17.0 Å². The van der Waals surface area contributed by atoms with Gasteiger partial charge in [0, 0.05) is 23.7 Å². The number of thiazole rings is 1. The number of rotatable bonds is 3. The van der Waals surface area contributed by atoms with E-state index in [1.54, 1.807) is 21.4 Å². The number of fused-ring (bicyclic) bond motifs is 1. The maximum Gasteiger partial charge on any atom is 0.354 e. The molecule has 0 aliphatic heterocycles. The smallest absolute Gasteiger partial charge is 0.354 e. The summed E-state index contributed by atoms with van der Waals surface area (Å²) in [7, 11) is 0. The number of aryl methyl sites for hydroxylation is 1. The Morgan fingerprint density at radius 1 is 1.30 bits per heavy atom. The molecule has 1 N–H and O–H groups in total. The highest BCUT2D eigenvalue weighted by atomic mass is 35.5. The van der Waals surface area contributed by atoms with Crippen molar-refractivity contribution >= 4 is 28.6 Å². The molecule has 5 nitrogen and oxygen atoms in total. The number of hydrogen-bond donors (Lipinski definition) is 1. The van der Waals surface area contributed by atoms with Crippen LogP contribution in [0.3, 0.4) is 0 Å². The molecule has 0 bridgehead atoms. The molecular formula is C23H19ClN3O2S+. The number of benzene rings is 1. The van der Waals surface area contributed by atoms with Gasteiger partial charge in [0.1, 0.15) is 6.54 Å². The molecule has 0 spiro atoms. The highest BCUT2D eigenvalue weighted by Gasteiger charge is 2.27. The molecule has 0 amide bonds. The van der Waals surface area contributed by atoms with Gasteiger partial charge in [-0.15, -0.1) is 11.3 Å². The summed E-state index contributed by atoms with van der Waals surface area (Å²) in [5.74, 6) is 6.02. The zero-order chi connectivity index (χ0) is 21.3. The maximum atomic E-state index is 13.4. The Balaban J connectivity index is 2.01. The van der Waals surface area contributed by atoms with Gasteiger partial charge in [-0.2, -0.15) is 8.97 Å². The fourth-order valence-corrected chi connectivity index (χ4v) is 4.39. The molecule has 3 heterocycles. The maximum absolute atomic E-state index is 13.4. The molecular weight excluding hydrogens is 418 g/mol. The van der Waals surface area contributed by atoms with Gasteiger partial charge in [-0.3, -0.25) is 0 Å². The lowest BCUT2D eigenvalue weighted by Gasteiger charge is -2.11. The van der Waals surface area contributed by atoms with E-state index in [0.29, 0.717) is 22.2 Å². The van der Waals surface area contributed by atoms with E-state index < -0.39 is 0 Å². The minimum Gasteiger partial charge on any atom is -0.477 e.